The van der Waals surface area contributed by atoms with Gasteiger partial charge < -0.3 is 24.7 Å². The summed E-state index contributed by atoms with van der Waals surface area (Å²) < 4.78 is 47.4. The fourth-order valence-electron chi connectivity index (χ4n) is 6.07. The highest BCUT2D eigenvalue weighted by atomic mass is 19.4. The Hall–Kier alpha value is -5.51. The number of halogens is 3. The normalized spacial score (nSPS) is 12.4. The van der Waals surface area contributed by atoms with Crippen LogP contribution in [0.25, 0.3) is 21.8 Å². The highest BCUT2D eigenvalue weighted by Crippen LogP contribution is 2.42. The average molecular weight is 626 g/mol. The molecule has 234 valence electrons. The number of aromatic nitrogens is 2. The van der Waals surface area contributed by atoms with E-state index in [4.69, 9.17) is 4.74 Å². The minimum absolute atomic E-state index is 0.0202. The van der Waals surface area contributed by atoms with Crippen molar-refractivity contribution in [2.24, 2.45) is 7.05 Å². The number of hydrogen-bond acceptors (Lipinski definition) is 4. The van der Waals surface area contributed by atoms with Gasteiger partial charge in [-0.3, -0.25) is 9.59 Å². The molecule has 7 nitrogen and oxygen atoms in total. The molecule has 10 heteroatoms. The predicted octanol–water partition coefficient (Wildman–Crippen LogP) is 6.91. The lowest BCUT2D eigenvalue weighted by Crippen LogP contribution is -2.27. The van der Waals surface area contributed by atoms with Gasteiger partial charge >= 0.3 is 6.18 Å². The maximum Gasteiger partial charge on any atom is 0.416 e. The molecule has 46 heavy (non-hydrogen) atoms. The molecule has 2 heterocycles. The van der Waals surface area contributed by atoms with Crippen LogP contribution in [-0.2, 0) is 19.6 Å². The van der Waals surface area contributed by atoms with Crippen LogP contribution in [0.5, 0.6) is 11.5 Å². The number of ether oxygens (including phenoxy) is 1. The van der Waals surface area contributed by atoms with Crippen LogP contribution in [0.3, 0.4) is 0 Å². The number of fused-ring (bicyclic) bond motifs is 2. The molecule has 0 radical (unpaired) electrons. The lowest BCUT2D eigenvalue weighted by molar-refractivity contribution is -0.137. The van der Waals surface area contributed by atoms with Crippen LogP contribution >= 0.6 is 0 Å². The molecule has 0 aliphatic rings. The summed E-state index contributed by atoms with van der Waals surface area (Å²) in [6, 6.07) is 25.8. The summed E-state index contributed by atoms with van der Waals surface area (Å²) in [6.07, 6.45) is -4.24. The number of rotatable bonds is 8. The summed E-state index contributed by atoms with van der Waals surface area (Å²) in [5, 5.41) is 15.8. The highest BCUT2D eigenvalue weighted by Gasteiger charge is 2.33. The number of carbonyl (C=O) groups is 1. The summed E-state index contributed by atoms with van der Waals surface area (Å²) in [5.41, 5.74) is 1.96. The lowest BCUT2D eigenvalue weighted by Gasteiger charge is -2.22. The van der Waals surface area contributed by atoms with Gasteiger partial charge in [-0.2, -0.15) is 13.2 Å². The van der Waals surface area contributed by atoms with Gasteiger partial charge in [0.2, 0.25) is 0 Å². The first-order chi connectivity index (χ1) is 22.1. The number of aromatic amines is 1. The summed E-state index contributed by atoms with van der Waals surface area (Å²) in [4.78, 5) is 30.5. The average Bonchev–Trinajstić information content (AvgIpc) is 3.43. The van der Waals surface area contributed by atoms with Crippen molar-refractivity contribution in [3.63, 3.8) is 0 Å². The SMILES string of the molecule is COc1ccccc1C(=O)NCCc1c(C(c2ccc(C(F)(F)F)cc2)c2c(O)c3ccccc3n(C)c2=O)[nH]c2ccccc12. The first kappa shape index (κ1) is 30.5. The molecule has 0 aliphatic carbocycles. The van der Waals surface area contributed by atoms with Crippen LogP contribution in [0.15, 0.2) is 102 Å². The maximum absolute atomic E-state index is 14.0. The van der Waals surface area contributed by atoms with Crippen molar-refractivity contribution in [2.45, 2.75) is 18.5 Å². The molecule has 2 aromatic heterocycles. The van der Waals surface area contributed by atoms with E-state index < -0.39 is 23.2 Å². The van der Waals surface area contributed by atoms with E-state index in [2.05, 4.69) is 10.3 Å². The molecule has 1 atom stereocenters. The summed E-state index contributed by atoms with van der Waals surface area (Å²) in [7, 11) is 3.08. The van der Waals surface area contributed by atoms with Gasteiger partial charge in [0.05, 0.1) is 35.2 Å². The minimum Gasteiger partial charge on any atom is -0.507 e. The van der Waals surface area contributed by atoms with Gasteiger partial charge in [-0.15, -0.1) is 0 Å². The van der Waals surface area contributed by atoms with Crippen molar-refractivity contribution in [1.82, 2.24) is 14.9 Å². The van der Waals surface area contributed by atoms with E-state index in [1.807, 2.05) is 24.3 Å². The largest absolute Gasteiger partial charge is 0.507 e. The summed E-state index contributed by atoms with van der Waals surface area (Å²) in [6.45, 7) is 0.202. The molecule has 3 N–H and O–H groups in total. The number of aryl methyl sites for hydroxylation is 1. The molecule has 0 fully saturated rings. The predicted molar refractivity (Wildman–Crippen MR) is 171 cm³/mol. The third kappa shape index (κ3) is 5.47. The van der Waals surface area contributed by atoms with Crippen molar-refractivity contribution >= 4 is 27.7 Å². The quantitative estimate of drug-likeness (QED) is 0.171. The van der Waals surface area contributed by atoms with E-state index in [0.29, 0.717) is 39.9 Å². The summed E-state index contributed by atoms with van der Waals surface area (Å²) in [5.74, 6) is -1.13. The second-order valence-electron chi connectivity index (χ2n) is 11.0. The number of nitrogens with one attached hydrogen (secondary N) is 2. The van der Waals surface area contributed by atoms with Gasteiger partial charge in [-0.25, -0.2) is 0 Å². The Bertz CT molecular complexity index is 2130. The lowest BCUT2D eigenvalue weighted by atomic mass is 9.84. The number of methoxy groups -OCH3 is 1. The fourth-order valence-corrected chi connectivity index (χ4v) is 6.07. The van der Waals surface area contributed by atoms with E-state index in [1.165, 1.54) is 23.8 Å². The van der Waals surface area contributed by atoms with E-state index >= 15 is 0 Å². The number of amides is 1. The number of benzene rings is 4. The van der Waals surface area contributed by atoms with Crippen LogP contribution in [0.4, 0.5) is 13.2 Å². The fraction of sp³-hybridized carbons (Fsp3) is 0.167. The van der Waals surface area contributed by atoms with Gasteiger partial charge in [-0.05, 0) is 60.0 Å². The van der Waals surface area contributed by atoms with Crippen LogP contribution in [-0.4, -0.2) is 34.2 Å². The Balaban J connectivity index is 1.51. The zero-order valence-electron chi connectivity index (χ0n) is 25.0. The van der Waals surface area contributed by atoms with Gasteiger partial charge in [0.15, 0.2) is 0 Å². The van der Waals surface area contributed by atoms with Gasteiger partial charge in [0.1, 0.15) is 11.5 Å². The molecule has 0 saturated heterocycles. The van der Waals surface area contributed by atoms with E-state index in [0.717, 1.165) is 28.6 Å². The van der Waals surface area contributed by atoms with Crippen LogP contribution in [0, 0.1) is 0 Å². The van der Waals surface area contributed by atoms with Gasteiger partial charge in [0.25, 0.3) is 11.5 Å². The third-order valence-corrected chi connectivity index (χ3v) is 8.32. The standard InChI is InChI=1S/C36H30F3N3O4/c1-42-28-13-7-4-10-25(28)33(43)31(35(42)45)30(21-15-17-22(18-16-21)36(37,38)39)32-24(23-9-3-6-12-27(23)41-32)19-20-40-34(44)26-11-5-8-14-29(26)46-2/h3-18,30,41,43H,19-20H2,1-2H3,(H,40,44). The molecule has 1 amide bonds. The molecule has 0 saturated carbocycles. The number of hydrogen-bond donors (Lipinski definition) is 3. The van der Waals surface area contributed by atoms with Crippen molar-refractivity contribution < 1.29 is 27.8 Å². The minimum atomic E-state index is -4.55. The topological polar surface area (TPSA) is 96.3 Å². The number of H-pyrrole nitrogens is 1. The number of carbonyl (C=O) groups excluding carboxylic acids is 1. The number of alkyl halides is 3. The Morgan fingerprint density at radius 2 is 1.59 bits per heavy atom. The molecule has 1 unspecified atom stereocenters. The molecule has 4 aromatic carbocycles. The zero-order valence-corrected chi connectivity index (χ0v) is 25.0. The van der Waals surface area contributed by atoms with Gasteiger partial charge in [0, 0.05) is 35.6 Å². The zero-order chi connectivity index (χ0) is 32.6. The number of aromatic hydroxyl groups is 1. The Kier molecular flexibility index (Phi) is 8.04. The van der Waals surface area contributed by atoms with Gasteiger partial charge in [-0.1, -0.05) is 54.6 Å². The van der Waals surface area contributed by atoms with Crippen LogP contribution in [0.1, 0.15) is 44.2 Å². The Morgan fingerprint density at radius 1 is 0.935 bits per heavy atom. The molecule has 0 spiro atoms. The van der Waals surface area contributed by atoms with Crippen molar-refractivity contribution in [3.8, 4) is 11.5 Å². The third-order valence-electron chi connectivity index (χ3n) is 8.32. The molecule has 0 aliphatic heterocycles. The number of pyridine rings is 1. The van der Waals surface area contributed by atoms with Crippen LogP contribution in [0.2, 0.25) is 0 Å². The first-order valence-corrected chi connectivity index (χ1v) is 14.6. The molecule has 6 aromatic rings. The molecular formula is C36H30F3N3O4. The van der Waals surface area contributed by atoms with Crippen molar-refractivity contribution in [2.75, 3.05) is 13.7 Å². The van der Waals surface area contributed by atoms with Crippen LogP contribution < -0.4 is 15.6 Å². The molecular weight excluding hydrogens is 595 g/mol. The van der Waals surface area contributed by atoms with Crippen molar-refractivity contribution in [1.29, 1.82) is 0 Å². The van der Waals surface area contributed by atoms with Crippen molar-refractivity contribution in [3.05, 3.63) is 141 Å². The van der Waals surface area contributed by atoms with E-state index in [9.17, 15) is 27.9 Å². The first-order valence-electron chi connectivity index (χ1n) is 14.6. The maximum atomic E-state index is 14.0. The highest BCUT2D eigenvalue weighted by molar-refractivity contribution is 5.97. The second-order valence-corrected chi connectivity index (χ2v) is 11.0. The Labute approximate surface area is 261 Å². The second kappa shape index (κ2) is 12.1. The molecule has 6 rings (SSSR count). The monoisotopic (exact) mass is 625 g/mol. The Morgan fingerprint density at radius 3 is 2.30 bits per heavy atom. The smallest absolute Gasteiger partial charge is 0.416 e. The van der Waals surface area contributed by atoms with E-state index in [1.54, 1.807) is 55.6 Å². The molecule has 0 bridgehead atoms. The van der Waals surface area contributed by atoms with E-state index in [-0.39, 0.29) is 23.8 Å². The number of para-hydroxylation sites is 3. The summed E-state index contributed by atoms with van der Waals surface area (Å²) >= 11 is 0. The number of nitrogens with zero attached hydrogens (tertiary/aromatic N) is 1.